The number of H-pyrrole nitrogens is 2. The summed E-state index contributed by atoms with van der Waals surface area (Å²) >= 11 is 4.63. The van der Waals surface area contributed by atoms with E-state index in [-0.39, 0.29) is 11.5 Å². The van der Waals surface area contributed by atoms with Crippen molar-refractivity contribution >= 4 is 12.2 Å². The second-order valence-corrected chi connectivity index (χ2v) is 3.05. The van der Waals surface area contributed by atoms with Gasteiger partial charge in [0.25, 0.3) is 0 Å². The number of aryl methyl sites for hydroxylation is 1. The van der Waals surface area contributed by atoms with Crippen LogP contribution < -0.4 is 5.43 Å². The Balaban J connectivity index is 0.000000162. The molecule has 0 amide bonds. The molecule has 0 aliphatic rings. The molecule has 0 radical (unpaired) electrons. The van der Waals surface area contributed by atoms with Crippen LogP contribution in [0.15, 0.2) is 33.9 Å². The van der Waals surface area contributed by atoms with E-state index >= 15 is 0 Å². The minimum atomic E-state index is -0.404. The van der Waals surface area contributed by atoms with Crippen LogP contribution in [0.5, 0.6) is 5.75 Å². The molecule has 0 atom stereocenters. The maximum Gasteiger partial charge on any atom is 0.226 e. The van der Waals surface area contributed by atoms with Crippen molar-refractivity contribution in [3.8, 4) is 5.75 Å². The van der Waals surface area contributed by atoms with Gasteiger partial charge < -0.3 is 19.5 Å². The zero-order valence-corrected chi connectivity index (χ0v) is 8.80. The third kappa shape index (κ3) is 3.43. The van der Waals surface area contributed by atoms with Gasteiger partial charge in [0.2, 0.25) is 11.2 Å². The Morgan fingerprint density at radius 3 is 2.33 bits per heavy atom. The number of nitrogens with one attached hydrogen (secondary N) is 2. The Kier molecular flexibility index (Phi) is 3.87. The summed E-state index contributed by atoms with van der Waals surface area (Å²) in [4.78, 5) is 16.0. The minimum Gasteiger partial charge on any atom is -0.502 e. The molecular weight excluding hydrogens is 216 g/mol. The fourth-order valence-electron chi connectivity index (χ4n) is 0.783. The third-order valence-corrected chi connectivity index (χ3v) is 1.78. The Labute approximate surface area is 90.4 Å². The second kappa shape index (κ2) is 5.16. The molecule has 2 aromatic heterocycles. The number of aromatic hydroxyl groups is 1. The van der Waals surface area contributed by atoms with Gasteiger partial charge in [0.05, 0.1) is 6.26 Å². The number of aromatic nitrogens is 2. The van der Waals surface area contributed by atoms with Gasteiger partial charge >= 0.3 is 0 Å². The molecule has 0 bridgehead atoms. The number of hydrogen-bond donors (Lipinski definition) is 3. The van der Waals surface area contributed by atoms with E-state index in [9.17, 15) is 4.79 Å². The van der Waals surface area contributed by atoms with Crippen molar-refractivity contribution in [2.45, 2.75) is 6.92 Å². The lowest BCUT2D eigenvalue weighted by molar-refractivity contribution is 0.411. The molecule has 6 heteroatoms. The molecule has 0 saturated carbocycles. The first kappa shape index (κ1) is 11.3. The summed E-state index contributed by atoms with van der Waals surface area (Å²) in [6.45, 7) is 1.52. The molecule has 80 valence electrons. The Hall–Kier alpha value is -1.82. The van der Waals surface area contributed by atoms with Crippen LogP contribution in [0.1, 0.15) is 5.76 Å². The molecule has 0 spiro atoms. The van der Waals surface area contributed by atoms with E-state index < -0.39 is 5.43 Å². The van der Waals surface area contributed by atoms with Crippen LogP contribution in [-0.4, -0.2) is 15.1 Å². The van der Waals surface area contributed by atoms with Gasteiger partial charge in [-0.2, -0.15) is 0 Å². The lowest BCUT2D eigenvalue weighted by Crippen LogP contribution is -1.97. The summed E-state index contributed by atoms with van der Waals surface area (Å²) < 4.78 is 5.36. The average molecular weight is 226 g/mol. The molecule has 2 heterocycles. The summed E-state index contributed by atoms with van der Waals surface area (Å²) in [5.74, 6) is -0.0556. The lowest BCUT2D eigenvalue weighted by Gasteiger charge is -1.91. The quantitative estimate of drug-likeness (QED) is 0.597. The van der Waals surface area contributed by atoms with Crippen molar-refractivity contribution in [1.29, 1.82) is 0 Å². The van der Waals surface area contributed by atoms with E-state index in [2.05, 4.69) is 26.6 Å². The molecule has 0 unspecified atom stereocenters. The maximum absolute atomic E-state index is 10.5. The largest absolute Gasteiger partial charge is 0.502 e. The highest BCUT2D eigenvalue weighted by atomic mass is 32.1. The number of aromatic amines is 2. The van der Waals surface area contributed by atoms with Crippen LogP contribution in [0.2, 0.25) is 0 Å². The van der Waals surface area contributed by atoms with Crippen molar-refractivity contribution in [2.24, 2.45) is 0 Å². The average Bonchev–Trinajstić information content (AvgIpc) is 2.66. The predicted octanol–water partition coefficient (Wildman–Crippen LogP) is 1.73. The summed E-state index contributed by atoms with van der Waals surface area (Å²) in [6, 6.07) is 1.17. The number of imidazole rings is 1. The first-order chi connectivity index (χ1) is 7.11. The lowest BCUT2D eigenvalue weighted by atomic mass is 10.4. The van der Waals surface area contributed by atoms with Crippen molar-refractivity contribution in [3.63, 3.8) is 0 Å². The number of hydrogen-bond acceptors (Lipinski definition) is 4. The van der Waals surface area contributed by atoms with Gasteiger partial charge in [0.1, 0.15) is 5.76 Å². The summed E-state index contributed by atoms with van der Waals surface area (Å²) in [6.07, 6.45) is 4.75. The van der Waals surface area contributed by atoms with E-state index in [1.54, 1.807) is 12.4 Å². The monoisotopic (exact) mass is 226 g/mol. The van der Waals surface area contributed by atoms with E-state index in [1.807, 2.05) is 0 Å². The smallest absolute Gasteiger partial charge is 0.226 e. The Morgan fingerprint density at radius 1 is 1.40 bits per heavy atom. The molecule has 0 saturated heterocycles. The Morgan fingerprint density at radius 2 is 2.00 bits per heavy atom. The van der Waals surface area contributed by atoms with Crippen molar-refractivity contribution in [2.75, 3.05) is 0 Å². The number of rotatable bonds is 0. The maximum atomic E-state index is 10.5. The van der Waals surface area contributed by atoms with Crippen molar-refractivity contribution in [3.05, 3.63) is 45.5 Å². The highest BCUT2D eigenvalue weighted by Gasteiger charge is 1.98. The first-order valence-electron chi connectivity index (χ1n) is 4.10. The van der Waals surface area contributed by atoms with E-state index in [4.69, 9.17) is 5.11 Å². The van der Waals surface area contributed by atoms with Gasteiger partial charge in [0, 0.05) is 18.5 Å². The zero-order valence-electron chi connectivity index (χ0n) is 7.98. The summed E-state index contributed by atoms with van der Waals surface area (Å²) in [5.41, 5.74) is -0.404. The van der Waals surface area contributed by atoms with Crippen LogP contribution in [0.4, 0.5) is 0 Å². The molecule has 0 aromatic carbocycles. The zero-order chi connectivity index (χ0) is 11.3. The standard InChI is InChI=1S/C6H6O3.C3H4N2S/c1-4-6(8)5(7)2-3-9-4;6-3-4-1-2-5-3/h2-3,8H,1H3;1-2H,(H2,4,5,6). The van der Waals surface area contributed by atoms with Gasteiger partial charge in [-0.25, -0.2) is 0 Å². The van der Waals surface area contributed by atoms with Gasteiger partial charge in [-0.15, -0.1) is 0 Å². The molecular formula is C9H10N2O3S. The SMILES string of the molecule is Cc1occc(=O)c1O.S=c1[nH]cc[nH]1. The molecule has 3 N–H and O–H groups in total. The predicted molar refractivity (Wildman–Crippen MR) is 57.4 cm³/mol. The highest BCUT2D eigenvalue weighted by molar-refractivity contribution is 7.71. The normalized spacial score (nSPS) is 9.13. The molecule has 2 rings (SSSR count). The van der Waals surface area contributed by atoms with Gasteiger partial charge in [-0.05, 0) is 19.1 Å². The molecule has 2 aromatic rings. The second-order valence-electron chi connectivity index (χ2n) is 2.64. The van der Waals surface area contributed by atoms with Crippen LogP contribution in [0, 0.1) is 11.7 Å². The van der Waals surface area contributed by atoms with Crippen LogP contribution in [-0.2, 0) is 0 Å². The molecule has 5 nitrogen and oxygen atoms in total. The third-order valence-electron chi connectivity index (χ3n) is 1.54. The highest BCUT2D eigenvalue weighted by Crippen LogP contribution is 2.06. The van der Waals surface area contributed by atoms with Crippen molar-refractivity contribution in [1.82, 2.24) is 9.97 Å². The summed E-state index contributed by atoms with van der Waals surface area (Å²) in [5, 5.41) is 8.80. The first-order valence-corrected chi connectivity index (χ1v) is 4.51. The fraction of sp³-hybridized carbons (Fsp3) is 0.111. The molecule has 0 aliphatic carbocycles. The molecule has 15 heavy (non-hydrogen) atoms. The van der Waals surface area contributed by atoms with E-state index in [0.29, 0.717) is 4.77 Å². The fourth-order valence-corrected chi connectivity index (χ4v) is 0.919. The minimum absolute atomic E-state index is 0.252. The van der Waals surface area contributed by atoms with Crippen LogP contribution >= 0.6 is 12.2 Å². The van der Waals surface area contributed by atoms with Gasteiger partial charge in [-0.3, -0.25) is 4.79 Å². The summed E-state index contributed by atoms with van der Waals surface area (Å²) in [7, 11) is 0. The van der Waals surface area contributed by atoms with E-state index in [0.717, 1.165) is 0 Å². The Bertz CT molecular complexity index is 510. The van der Waals surface area contributed by atoms with Gasteiger partial charge in [-0.1, -0.05) is 0 Å². The van der Waals surface area contributed by atoms with Crippen LogP contribution in [0.25, 0.3) is 0 Å². The van der Waals surface area contributed by atoms with E-state index in [1.165, 1.54) is 19.3 Å². The molecule has 0 aliphatic heterocycles. The van der Waals surface area contributed by atoms with Crippen LogP contribution in [0.3, 0.4) is 0 Å². The topological polar surface area (TPSA) is 82.0 Å². The molecule has 0 fully saturated rings. The van der Waals surface area contributed by atoms with Gasteiger partial charge in [0.15, 0.2) is 4.77 Å². The van der Waals surface area contributed by atoms with Crippen molar-refractivity contribution < 1.29 is 9.52 Å².